The first-order chi connectivity index (χ1) is 16.5. The van der Waals surface area contributed by atoms with Crippen molar-refractivity contribution >= 4 is 11.9 Å². The fourth-order valence-corrected chi connectivity index (χ4v) is 3.30. The minimum Gasteiger partial charge on any atom is -0.492 e. The van der Waals surface area contributed by atoms with Gasteiger partial charge in [0.25, 0.3) is 5.91 Å². The maximum absolute atomic E-state index is 12.2. The molecule has 6 nitrogen and oxygen atoms in total. The molecule has 0 aliphatic carbocycles. The smallest absolute Gasteiger partial charge is 0.309 e. The normalized spacial score (nSPS) is 11.1. The predicted molar refractivity (Wildman–Crippen MR) is 138 cm³/mol. The third kappa shape index (κ3) is 12.4. The van der Waals surface area contributed by atoms with Crippen molar-refractivity contribution in [3.8, 4) is 5.75 Å². The number of rotatable bonds is 14. The van der Waals surface area contributed by atoms with Crippen LogP contribution in [-0.4, -0.2) is 44.7 Å². The number of amides is 1. The zero-order valence-electron chi connectivity index (χ0n) is 21.3. The van der Waals surface area contributed by atoms with E-state index in [2.05, 4.69) is 31.4 Å². The molecule has 0 saturated carbocycles. The van der Waals surface area contributed by atoms with Crippen LogP contribution in [0.25, 0.3) is 0 Å². The van der Waals surface area contributed by atoms with Crippen molar-refractivity contribution in [3.63, 3.8) is 0 Å². The number of carbonyl (C=O) groups is 2. The lowest BCUT2D eigenvalue weighted by Gasteiger charge is -2.15. The topological polar surface area (TPSA) is 76.7 Å². The van der Waals surface area contributed by atoms with Gasteiger partial charge in [-0.2, -0.15) is 0 Å². The van der Waals surface area contributed by atoms with Crippen LogP contribution in [0, 0.1) is 5.92 Å². The van der Waals surface area contributed by atoms with E-state index in [-0.39, 0.29) is 17.8 Å². The van der Waals surface area contributed by atoms with Crippen molar-refractivity contribution in [2.24, 2.45) is 5.92 Å². The number of hydrogen-bond acceptors (Lipinski definition) is 5. The van der Waals surface area contributed by atoms with Gasteiger partial charge < -0.3 is 20.1 Å². The number of benzene rings is 2. The van der Waals surface area contributed by atoms with Gasteiger partial charge in [-0.15, -0.1) is 0 Å². The van der Waals surface area contributed by atoms with Crippen LogP contribution in [-0.2, 0) is 16.0 Å². The van der Waals surface area contributed by atoms with Crippen LogP contribution in [0.4, 0.5) is 0 Å². The summed E-state index contributed by atoms with van der Waals surface area (Å²) >= 11 is 0. The van der Waals surface area contributed by atoms with Gasteiger partial charge in [-0.05, 0) is 62.7 Å². The van der Waals surface area contributed by atoms with E-state index in [1.165, 1.54) is 0 Å². The van der Waals surface area contributed by atoms with Crippen molar-refractivity contribution in [3.05, 3.63) is 65.7 Å². The second-order valence-electron chi connectivity index (χ2n) is 7.87. The van der Waals surface area contributed by atoms with E-state index in [1.54, 1.807) is 12.1 Å². The van der Waals surface area contributed by atoms with Gasteiger partial charge in [0.05, 0.1) is 19.1 Å². The molecular weight excluding hydrogens is 428 g/mol. The van der Waals surface area contributed by atoms with Crippen molar-refractivity contribution in [2.75, 3.05) is 32.8 Å². The molecule has 2 aromatic carbocycles. The molecular formula is C28H42N2O4. The van der Waals surface area contributed by atoms with E-state index in [0.29, 0.717) is 31.7 Å². The maximum Gasteiger partial charge on any atom is 0.309 e. The van der Waals surface area contributed by atoms with E-state index in [0.717, 1.165) is 43.7 Å². The molecule has 34 heavy (non-hydrogen) atoms. The van der Waals surface area contributed by atoms with Crippen molar-refractivity contribution < 1.29 is 19.1 Å². The number of carbonyl (C=O) groups excluding carboxylic acids is 2. The third-order valence-corrected chi connectivity index (χ3v) is 5.12. The van der Waals surface area contributed by atoms with Gasteiger partial charge in [-0.1, -0.05) is 63.9 Å². The average molecular weight is 471 g/mol. The van der Waals surface area contributed by atoms with Crippen molar-refractivity contribution in [2.45, 2.75) is 53.4 Å². The molecule has 1 atom stereocenters. The third-order valence-electron chi connectivity index (χ3n) is 5.12. The summed E-state index contributed by atoms with van der Waals surface area (Å²) in [5, 5.41) is 5.95. The lowest BCUT2D eigenvalue weighted by Crippen LogP contribution is -2.28. The molecule has 0 bridgehead atoms. The highest BCUT2D eigenvalue weighted by molar-refractivity contribution is 5.94. The van der Waals surface area contributed by atoms with Crippen LogP contribution in [0.5, 0.6) is 5.75 Å². The lowest BCUT2D eigenvalue weighted by molar-refractivity contribution is -0.148. The summed E-state index contributed by atoms with van der Waals surface area (Å²) in [6.07, 6.45) is 3.59. The van der Waals surface area contributed by atoms with Gasteiger partial charge in [-0.3, -0.25) is 9.59 Å². The summed E-state index contributed by atoms with van der Waals surface area (Å²) in [5.74, 6) is 0.413. The summed E-state index contributed by atoms with van der Waals surface area (Å²) in [6.45, 7) is 11.6. The largest absolute Gasteiger partial charge is 0.492 e. The molecule has 0 aliphatic rings. The summed E-state index contributed by atoms with van der Waals surface area (Å²) in [5.41, 5.74) is 1.72. The minimum atomic E-state index is -0.115. The van der Waals surface area contributed by atoms with Crippen LogP contribution in [0.15, 0.2) is 54.6 Å². The Kier molecular flexibility index (Phi) is 15.9. The van der Waals surface area contributed by atoms with Gasteiger partial charge >= 0.3 is 5.97 Å². The molecule has 2 rings (SSSR count). The Labute approximate surface area is 205 Å². The molecule has 188 valence electrons. The Morgan fingerprint density at radius 1 is 0.912 bits per heavy atom. The highest BCUT2D eigenvalue weighted by Gasteiger charge is 2.19. The molecule has 6 heteroatoms. The first-order valence-corrected chi connectivity index (χ1v) is 12.5. The number of hydrogen-bond donors (Lipinski definition) is 2. The summed E-state index contributed by atoms with van der Waals surface area (Å²) in [6, 6.07) is 16.9. The number of unbranched alkanes of at least 4 members (excludes halogenated alkanes) is 1. The summed E-state index contributed by atoms with van der Waals surface area (Å²) in [7, 11) is 0. The van der Waals surface area contributed by atoms with Gasteiger partial charge in [-0.25, -0.2) is 0 Å². The van der Waals surface area contributed by atoms with Crippen molar-refractivity contribution in [1.82, 2.24) is 10.6 Å². The Morgan fingerprint density at radius 2 is 1.59 bits per heavy atom. The number of nitrogens with one attached hydrogen (secondary N) is 2. The van der Waals surface area contributed by atoms with Gasteiger partial charge in [0.1, 0.15) is 12.4 Å². The molecule has 0 aliphatic heterocycles. The highest BCUT2D eigenvalue weighted by Crippen LogP contribution is 2.19. The van der Waals surface area contributed by atoms with Gasteiger partial charge in [0, 0.05) is 5.56 Å². The molecule has 0 spiro atoms. The standard InChI is InChI=1S/C24H31NO4.C4H11N/c1-3-5-9-21(24(27)28-4-2)18-19-12-14-22(15-13-19)29-17-16-25-23(26)20-10-7-6-8-11-20;1-3-5-4-2/h6-8,10-15,21H,3-5,9,16-18H2,1-2H3,(H,25,26);5H,3-4H2,1-2H3. The first kappa shape index (κ1) is 29.2. The van der Waals surface area contributed by atoms with Crippen LogP contribution in [0.3, 0.4) is 0 Å². The van der Waals surface area contributed by atoms with Crippen molar-refractivity contribution in [1.29, 1.82) is 0 Å². The Balaban J connectivity index is 0.00000104. The molecule has 2 N–H and O–H groups in total. The molecule has 0 fully saturated rings. The molecule has 0 radical (unpaired) electrons. The fraction of sp³-hybridized carbons (Fsp3) is 0.500. The molecule has 0 aromatic heterocycles. The maximum atomic E-state index is 12.2. The lowest BCUT2D eigenvalue weighted by atomic mass is 9.94. The quantitative estimate of drug-likeness (QED) is 0.299. The highest BCUT2D eigenvalue weighted by atomic mass is 16.5. The van der Waals surface area contributed by atoms with Gasteiger partial charge in [0.2, 0.25) is 0 Å². The molecule has 2 aromatic rings. The monoisotopic (exact) mass is 470 g/mol. The van der Waals surface area contributed by atoms with E-state index in [9.17, 15) is 9.59 Å². The molecule has 0 heterocycles. The molecule has 1 unspecified atom stereocenters. The number of esters is 1. The average Bonchev–Trinajstić information content (AvgIpc) is 2.86. The van der Waals surface area contributed by atoms with E-state index in [4.69, 9.17) is 9.47 Å². The van der Waals surface area contributed by atoms with Crippen LogP contribution < -0.4 is 15.4 Å². The van der Waals surface area contributed by atoms with Crippen LogP contribution in [0.2, 0.25) is 0 Å². The van der Waals surface area contributed by atoms with Gasteiger partial charge in [0.15, 0.2) is 0 Å². The van der Waals surface area contributed by atoms with Crippen LogP contribution in [0.1, 0.15) is 62.9 Å². The second-order valence-corrected chi connectivity index (χ2v) is 7.87. The van der Waals surface area contributed by atoms with E-state index in [1.807, 2.05) is 49.4 Å². The predicted octanol–water partition coefficient (Wildman–Crippen LogP) is 5.02. The Morgan fingerprint density at radius 3 is 2.15 bits per heavy atom. The van der Waals surface area contributed by atoms with E-state index >= 15 is 0 Å². The minimum absolute atomic E-state index is 0.102. The Bertz CT molecular complexity index is 792. The fourth-order valence-electron chi connectivity index (χ4n) is 3.30. The zero-order chi connectivity index (χ0) is 25.0. The van der Waals surface area contributed by atoms with Crippen LogP contribution >= 0.6 is 0 Å². The SMILES string of the molecule is CCCCC(Cc1ccc(OCCNC(=O)c2ccccc2)cc1)C(=O)OCC.CCNCC. The van der Waals surface area contributed by atoms with E-state index < -0.39 is 0 Å². The molecule has 0 saturated heterocycles. The molecule has 1 amide bonds. The summed E-state index contributed by atoms with van der Waals surface area (Å²) < 4.78 is 10.9. The second kappa shape index (κ2) is 18.6. The summed E-state index contributed by atoms with van der Waals surface area (Å²) in [4.78, 5) is 24.1. The zero-order valence-corrected chi connectivity index (χ0v) is 21.3. The first-order valence-electron chi connectivity index (χ1n) is 12.5. The number of ether oxygens (including phenoxy) is 2. The Hall–Kier alpha value is -2.86.